The summed E-state index contributed by atoms with van der Waals surface area (Å²) in [4.78, 5) is 31.2. The minimum atomic E-state index is -0.495. The predicted octanol–water partition coefficient (Wildman–Crippen LogP) is 3.49. The maximum atomic E-state index is 12.5. The molecule has 0 aliphatic heterocycles. The van der Waals surface area contributed by atoms with E-state index in [4.69, 9.17) is 11.6 Å². The molecule has 0 saturated heterocycles. The molecular formula is C20H25ClN6O2. The highest BCUT2D eigenvalue weighted by atomic mass is 35.5. The van der Waals surface area contributed by atoms with Crippen LogP contribution in [0.3, 0.4) is 0 Å². The predicted molar refractivity (Wildman–Crippen MR) is 117 cm³/mol. The third-order valence-corrected chi connectivity index (χ3v) is 5.08. The van der Waals surface area contributed by atoms with E-state index in [9.17, 15) is 9.59 Å². The number of hydrogen-bond donors (Lipinski definition) is 2. The second kappa shape index (κ2) is 9.09. The highest BCUT2D eigenvalue weighted by Crippen LogP contribution is 2.17. The molecule has 154 valence electrons. The Labute approximate surface area is 173 Å². The fourth-order valence-electron chi connectivity index (χ4n) is 3.12. The lowest BCUT2D eigenvalue weighted by Gasteiger charge is -2.09. The largest absolute Gasteiger partial charge is 0.329 e. The molecule has 2 aromatic heterocycles. The number of fused-ring (bicyclic) bond motifs is 1. The van der Waals surface area contributed by atoms with Crippen molar-refractivity contribution in [3.63, 3.8) is 0 Å². The Hall–Kier alpha value is -2.87. The zero-order chi connectivity index (χ0) is 21.0. The number of rotatable bonds is 8. The number of aromatic nitrogens is 4. The van der Waals surface area contributed by atoms with Crippen molar-refractivity contribution in [2.75, 3.05) is 5.43 Å². The third-order valence-electron chi connectivity index (χ3n) is 4.83. The van der Waals surface area contributed by atoms with Gasteiger partial charge in [0.15, 0.2) is 11.2 Å². The highest BCUT2D eigenvalue weighted by Gasteiger charge is 2.17. The van der Waals surface area contributed by atoms with E-state index in [1.165, 1.54) is 4.57 Å². The Morgan fingerprint density at radius 2 is 1.93 bits per heavy atom. The number of aryl methyl sites for hydroxylation is 2. The summed E-state index contributed by atoms with van der Waals surface area (Å²) in [6.45, 7) is 4.62. The first-order chi connectivity index (χ1) is 13.9. The van der Waals surface area contributed by atoms with Crippen LogP contribution in [0.15, 0.2) is 39.0 Å². The molecule has 0 unspecified atom stereocenters. The molecule has 0 bridgehead atoms. The van der Waals surface area contributed by atoms with Gasteiger partial charge in [-0.05, 0) is 31.0 Å². The van der Waals surface area contributed by atoms with Gasteiger partial charge in [0.25, 0.3) is 5.56 Å². The first-order valence-electron chi connectivity index (χ1n) is 9.68. The van der Waals surface area contributed by atoms with E-state index in [1.54, 1.807) is 23.7 Å². The van der Waals surface area contributed by atoms with Crippen molar-refractivity contribution in [1.29, 1.82) is 0 Å². The van der Waals surface area contributed by atoms with Gasteiger partial charge in [0, 0.05) is 18.6 Å². The summed E-state index contributed by atoms with van der Waals surface area (Å²) in [5.74, 6) is 0.427. The molecule has 0 amide bonds. The van der Waals surface area contributed by atoms with Crippen molar-refractivity contribution in [2.45, 2.75) is 46.1 Å². The number of benzene rings is 1. The standard InChI is InChI=1S/C20H25ClN6O2/c1-4-5-6-7-12-27-16-17(26(3)20(29)23-18(16)28)22-19(27)25-24-13(2)14-8-10-15(21)11-9-14/h8-11H,4-7,12H2,1-3H3,(H,22,25)(H,23,28,29). The lowest BCUT2D eigenvalue weighted by Crippen LogP contribution is -2.29. The van der Waals surface area contributed by atoms with Gasteiger partial charge in [-0.25, -0.2) is 10.2 Å². The molecule has 3 rings (SSSR count). The minimum Gasteiger partial charge on any atom is -0.303 e. The van der Waals surface area contributed by atoms with Crippen molar-refractivity contribution < 1.29 is 0 Å². The zero-order valence-corrected chi connectivity index (χ0v) is 17.6. The van der Waals surface area contributed by atoms with E-state index < -0.39 is 11.2 Å². The zero-order valence-electron chi connectivity index (χ0n) is 16.8. The number of H-pyrrole nitrogens is 1. The SMILES string of the molecule is CCCCCCn1c(NN=C(C)c2ccc(Cl)cc2)nc2c1c(=O)[nH]c(=O)n2C. The number of aromatic amines is 1. The number of imidazole rings is 1. The van der Waals surface area contributed by atoms with Gasteiger partial charge in [-0.1, -0.05) is 49.9 Å². The number of hydrazone groups is 1. The topological polar surface area (TPSA) is 97.1 Å². The van der Waals surface area contributed by atoms with Crippen LogP contribution in [0.25, 0.3) is 11.2 Å². The summed E-state index contributed by atoms with van der Waals surface area (Å²) in [6, 6.07) is 7.36. The Morgan fingerprint density at radius 1 is 1.21 bits per heavy atom. The number of nitrogens with zero attached hydrogens (tertiary/aromatic N) is 4. The molecule has 0 fully saturated rings. The van der Waals surface area contributed by atoms with Crippen LogP contribution in [0, 0.1) is 0 Å². The average molecular weight is 417 g/mol. The summed E-state index contributed by atoms with van der Waals surface area (Å²) in [5, 5.41) is 5.07. The van der Waals surface area contributed by atoms with E-state index >= 15 is 0 Å². The number of halogens is 1. The van der Waals surface area contributed by atoms with E-state index in [-0.39, 0.29) is 0 Å². The van der Waals surface area contributed by atoms with Crippen LogP contribution in [0.1, 0.15) is 45.1 Å². The van der Waals surface area contributed by atoms with Crippen LogP contribution in [-0.4, -0.2) is 24.8 Å². The lowest BCUT2D eigenvalue weighted by atomic mass is 10.1. The van der Waals surface area contributed by atoms with E-state index in [0.29, 0.717) is 28.7 Å². The Morgan fingerprint density at radius 3 is 2.62 bits per heavy atom. The molecule has 29 heavy (non-hydrogen) atoms. The molecule has 0 aliphatic rings. The van der Waals surface area contributed by atoms with Gasteiger partial charge in [-0.15, -0.1) is 0 Å². The van der Waals surface area contributed by atoms with Crippen molar-refractivity contribution in [2.24, 2.45) is 12.1 Å². The van der Waals surface area contributed by atoms with Gasteiger partial charge in [-0.3, -0.25) is 14.3 Å². The van der Waals surface area contributed by atoms with Crippen LogP contribution in [0.2, 0.25) is 5.02 Å². The van der Waals surface area contributed by atoms with Crippen LogP contribution >= 0.6 is 11.6 Å². The Bertz CT molecular complexity index is 1140. The van der Waals surface area contributed by atoms with Crippen LogP contribution in [0.4, 0.5) is 5.95 Å². The van der Waals surface area contributed by atoms with Crippen molar-refractivity contribution in [3.05, 3.63) is 55.7 Å². The van der Waals surface area contributed by atoms with Gasteiger partial charge in [0.2, 0.25) is 5.95 Å². The smallest absolute Gasteiger partial charge is 0.303 e. The molecule has 0 spiro atoms. The number of nitrogens with one attached hydrogen (secondary N) is 2. The monoisotopic (exact) mass is 416 g/mol. The van der Waals surface area contributed by atoms with E-state index in [1.807, 2.05) is 19.1 Å². The molecule has 0 saturated carbocycles. The summed E-state index contributed by atoms with van der Waals surface area (Å²) in [7, 11) is 1.58. The van der Waals surface area contributed by atoms with Crippen LogP contribution < -0.4 is 16.7 Å². The molecule has 0 aliphatic carbocycles. The number of anilines is 1. The first-order valence-corrected chi connectivity index (χ1v) is 10.1. The molecular weight excluding hydrogens is 392 g/mol. The van der Waals surface area contributed by atoms with E-state index in [0.717, 1.165) is 37.0 Å². The van der Waals surface area contributed by atoms with Crippen molar-refractivity contribution >= 4 is 34.4 Å². The van der Waals surface area contributed by atoms with Gasteiger partial charge in [0.05, 0.1) is 5.71 Å². The minimum absolute atomic E-state index is 0.330. The summed E-state index contributed by atoms with van der Waals surface area (Å²) in [5.41, 5.74) is 4.38. The average Bonchev–Trinajstić information content (AvgIpc) is 3.07. The second-order valence-corrected chi connectivity index (χ2v) is 7.39. The molecule has 0 atom stereocenters. The van der Waals surface area contributed by atoms with Crippen molar-refractivity contribution in [1.82, 2.24) is 19.1 Å². The highest BCUT2D eigenvalue weighted by molar-refractivity contribution is 6.30. The normalized spacial score (nSPS) is 11.9. The molecule has 1 aromatic carbocycles. The first kappa shape index (κ1) is 20.9. The van der Waals surface area contributed by atoms with Crippen molar-refractivity contribution in [3.8, 4) is 0 Å². The van der Waals surface area contributed by atoms with Gasteiger partial charge >= 0.3 is 5.69 Å². The Kier molecular flexibility index (Phi) is 6.53. The molecule has 2 N–H and O–H groups in total. The van der Waals surface area contributed by atoms with E-state index in [2.05, 4.69) is 27.4 Å². The summed E-state index contributed by atoms with van der Waals surface area (Å²) >= 11 is 5.94. The summed E-state index contributed by atoms with van der Waals surface area (Å²) in [6.07, 6.45) is 4.19. The Balaban J connectivity index is 1.98. The van der Waals surface area contributed by atoms with Gasteiger partial charge < -0.3 is 4.57 Å². The molecule has 0 radical (unpaired) electrons. The van der Waals surface area contributed by atoms with Crippen LogP contribution in [-0.2, 0) is 13.6 Å². The summed E-state index contributed by atoms with van der Waals surface area (Å²) < 4.78 is 3.13. The second-order valence-electron chi connectivity index (χ2n) is 6.95. The molecule has 3 aromatic rings. The maximum Gasteiger partial charge on any atom is 0.329 e. The molecule has 8 nitrogen and oxygen atoms in total. The number of hydrogen-bond acceptors (Lipinski definition) is 5. The fourth-order valence-corrected chi connectivity index (χ4v) is 3.25. The third kappa shape index (κ3) is 4.59. The fraction of sp³-hybridized carbons (Fsp3) is 0.400. The maximum absolute atomic E-state index is 12.5. The molecule has 9 heteroatoms. The number of unbranched alkanes of at least 4 members (excludes halogenated alkanes) is 3. The van der Waals surface area contributed by atoms with Gasteiger partial charge in [0.1, 0.15) is 0 Å². The lowest BCUT2D eigenvalue weighted by molar-refractivity contribution is 0.593. The van der Waals surface area contributed by atoms with Crippen LogP contribution in [0.5, 0.6) is 0 Å². The molecule has 2 heterocycles. The van der Waals surface area contributed by atoms with Gasteiger partial charge in [-0.2, -0.15) is 10.1 Å². The quantitative estimate of drug-likeness (QED) is 0.333.